The number of rotatable bonds is 12. The lowest BCUT2D eigenvalue weighted by molar-refractivity contribution is 0.0563. The largest absolute Gasteiger partial charge is 0.382 e. The third kappa shape index (κ3) is 7.24. The number of benzene rings is 1. The number of hydrogen-bond acceptors (Lipinski definition) is 9. The molecule has 0 saturated carbocycles. The number of likely N-dealkylation sites (tertiary alicyclic amines) is 1. The van der Waals surface area contributed by atoms with Crippen molar-refractivity contribution in [2.45, 2.75) is 25.4 Å². The Morgan fingerprint density at radius 2 is 1.81 bits per heavy atom. The number of imidazole rings is 1. The van der Waals surface area contributed by atoms with Crippen LogP contribution in [0.5, 0.6) is 0 Å². The summed E-state index contributed by atoms with van der Waals surface area (Å²) in [6.45, 7) is 10.3. The summed E-state index contributed by atoms with van der Waals surface area (Å²) < 4.78 is 10.7. The van der Waals surface area contributed by atoms with Crippen LogP contribution in [0.15, 0.2) is 47.3 Å². The van der Waals surface area contributed by atoms with E-state index in [2.05, 4.69) is 71.1 Å². The lowest BCUT2D eigenvalue weighted by Gasteiger charge is -2.36. The van der Waals surface area contributed by atoms with Crippen LogP contribution in [0.25, 0.3) is 22.6 Å². The normalized spacial score (nSPS) is 17.3. The summed E-state index contributed by atoms with van der Waals surface area (Å²) >= 11 is 8.43. The zero-order valence-electron chi connectivity index (χ0n) is 24.2. The quantitative estimate of drug-likeness (QED) is 0.212. The Labute approximate surface area is 256 Å². The molecule has 6 rings (SSSR count). The number of H-pyrrole nitrogens is 1. The van der Waals surface area contributed by atoms with Crippen molar-refractivity contribution in [2.75, 3.05) is 83.0 Å². The number of aromatic amines is 1. The van der Waals surface area contributed by atoms with Gasteiger partial charge < -0.3 is 24.7 Å². The number of hydrogen-bond donors (Lipinski definition) is 2. The van der Waals surface area contributed by atoms with Crippen molar-refractivity contribution < 1.29 is 9.47 Å². The number of pyridine rings is 1. The Morgan fingerprint density at radius 3 is 2.55 bits per heavy atom. The minimum absolute atomic E-state index is 0.363. The molecule has 0 unspecified atom stereocenters. The first kappa shape index (κ1) is 29.3. The predicted octanol–water partition coefficient (Wildman–Crippen LogP) is 5.20. The highest BCUT2D eigenvalue weighted by molar-refractivity contribution is 7.07. The van der Waals surface area contributed by atoms with Crippen LogP contribution in [0.2, 0.25) is 5.02 Å². The van der Waals surface area contributed by atoms with Gasteiger partial charge in [-0.1, -0.05) is 11.6 Å². The maximum atomic E-state index is 6.66. The third-order valence-electron chi connectivity index (χ3n) is 8.26. The van der Waals surface area contributed by atoms with Gasteiger partial charge in [-0.25, -0.2) is 9.97 Å². The van der Waals surface area contributed by atoms with Gasteiger partial charge in [0, 0.05) is 76.8 Å². The predicted molar refractivity (Wildman–Crippen MR) is 172 cm³/mol. The molecule has 4 aromatic rings. The summed E-state index contributed by atoms with van der Waals surface area (Å²) in [6, 6.07) is 11.2. The molecule has 0 bridgehead atoms. The molecule has 42 heavy (non-hydrogen) atoms. The Kier molecular flexibility index (Phi) is 9.89. The summed E-state index contributed by atoms with van der Waals surface area (Å²) in [7, 11) is 1.70. The monoisotopic (exact) mass is 609 g/mol. The number of nitrogens with zero attached hydrogens (tertiary/aromatic N) is 5. The number of aromatic nitrogens is 3. The average Bonchev–Trinajstić information content (AvgIpc) is 3.70. The van der Waals surface area contributed by atoms with Crippen molar-refractivity contribution in [3.8, 4) is 11.4 Å². The molecule has 0 radical (unpaired) electrons. The van der Waals surface area contributed by atoms with E-state index in [0.29, 0.717) is 29.9 Å². The molecule has 2 saturated heterocycles. The third-order valence-corrected chi connectivity index (χ3v) is 9.28. The minimum atomic E-state index is 0.363. The van der Waals surface area contributed by atoms with Crippen molar-refractivity contribution in [3.05, 3.63) is 57.9 Å². The lowest BCUT2D eigenvalue weighted by Crippen LogP contribution is -2.47. The highest BCUT2D eigenvalue weighted by Gasteiger charge is 2.22. The van der Waals surface area contributed by atoms with E-state index in [0.717, 1.165) is 94.4 Å². The minimum Gasteiger partial charge on any atom is -0.382 e. The highest BCUT2D eigenvalue weighted by Crippen LogP contribution is 2.33. The summed E-state index contributed by atoms with van der Waals surface area (Å²) in [5.74, 6) is 0.804. The van der Waals surface area contributed by atoms with Crippen LogP contribution < -0.4 is 10.2 Å². The SMILES string of the molecule is COCCOCCN1CCN(c2ccc(-c3nc4ncc(Cl)c(NC5CCN(Cc6ccsc6)CC5)c4[nH]3)cc2)CC1. The van der Waals surface area contributed by atoms with Crippen molar-refractivity contribution in [3.63, 3.8) is 0 Å². The van der Waals surface area contributed by atoms with E-state index in [-0.39, 0.29) is 0 Å². The Hall–Kier alpha value is -2.73. The smallest absolute Gasteiger partial charge is 0.180 e. The zero-order valence-corrected chi connectivity index (χ0v) is 25.8. The zero-order chi connectivity index (χ0) is 28.7. The van der Waals surface area contributed by atoms with Gasteiger partial charge in [-0.05, 0) is 59.5 Å². The van der Waals surface area contributed by atoms with Crippen LogP contribution in [0.4, 0.5) is 11.4 Å². The molecule has 2 aliphatic heterocycles. The second-order valence-corrected chi connectivity index (χ2v) is 12.3. The molecular weight excluding hydrogens is 570 g/mol. The number of piperidine rings is 1. The van der Waals surface area contributed by atoms with Crippen molar-refractivity contribution >= 4 is 45.5 Å². The maximum absolute atomic E-state index is 6.66. The van der Waals surface area contributed by atoms with E-state index in [1.54, 1.807) is 24.6 Å². The van der Waals surface area contributed by atoms with Gasteiger partial charge in [0.05, 0.1) is 36.7 Å². The highest BCUT2D eigenvalue weighted by atomic mass is 35.5. The van der Waals surface area contributed by atoms with Gasteiger partial charge in [-0.3, -0.25) is 9.80 Å². The summed E-state index contributed by atoms with van der Waals surface area (Å²) in [4.78, 5) is 20.3. The van der Waals surface area contributed by atoms with Crippen LogP contribution in [-0.4, -0.2) is 104 Å². The fraction of sp³-hybridized carbons (Fsp3) is 0.484. The first-order valence-electron chi connectivity index (χ1n) is 14.8. The first-order valence-corrected chi connectivity index (χ1v) is 16.2. The van der Waals surface area contributed by atoms with E-state index in [1.165, 1.54) is 11.3 Å². The molecule has 0 atom stereocenters. The van der Waals surface area contributed by atoms with Crippen LogP contribution >= 0.6 is 22.9 Å². The second kappa shape index (κ2) is 14.2. The summed E-state index contributed by atoms with van der Waals surface area (Å²) in [5.41, 5.74) is 6.12. The number of anilines is 2. The van der Waals surface area contributed by atoms with E-state index in [1.807, 2.05) is 0 Å². The van der Waals surface area contributed by atoms with E-state index in [9.17, 15) is 0 Å². The molecule has 11 heteroatoms. The number of halogens is 1. The molecule has 2 N–H and O–H groups in total. The van der Waals surface area contributed by atoms with Crippen LogP contribution in [0, 0.1) is 0 Å². The van der Waals surface area contributed by atoms with Gasteiger partial charge >= 0.3 is 0 Å². The van der Waals surface area contributed by atoms with E-state index < -0.39 is 0 Å². The fourth-order valence-electron chi connectivity index (χ4n) is 5.79. The number of fused-ring (bicyclic) bond motifs is 1. The van der Waals surface area contributed by atoms with Crippen molar-refractivity contribution in [2.24, 2.45) is 0 Å². The molecule has 2 fully saturated rings. The topological polar surface area (TPSA) is 81.8 Å². The number of methoxy groups -OCH3 is 1. The summed E-state index contributed by atoms with van der Waals surface area (Å²) in [5, 5.41) is 8.74. The average molecular weight is 610 g/mol. The molecule has 0 aliphatic carbocycles. The fourth-order valence-corrected chi connectivity index (χ4v) is 6.65. The molecule has 9 nitrogen and oxygen atoms in total. The Morgan fingerprint density at radius 1 is 1.00 bits per heavy atom. The van der Waals surface area contributed by atoms with Gasteiger partial charge in [0.15, 0.2) is 5.65 Å². The number of thiophene rings is 1. The van der Waals surface area contributed by atoms with Crippen molar-refractivity contribution in [1.29, 1.82) is 0 Å². The van der Waals surface area contributed by atoms with Gasteiger partial charge in [0.25, 0.3) is 0 Å². The number of piperazine rings is 1. The Balaban J connectivity index is 1.05. The molecule has 2 aliphatic rings. The van der Waals surface area contributed by atoms with Crippen molar-refractivity contribution in [1.82, 2.24) is 24.8 Å². The standard InChI is InChI=1S/C31H40ClN7O2S/c1-40-17-18-41-16-15-37-11-13-39(14-12-37)26-4-2-24(3-5-26)30-35-29-28(27(32)20-33-31(29)36-30)34-25-6-9-38(10-7-25)21-23-8-19-42-22-23/h2-5,8,19-20,22,25H,6-7,9-18,21H2,1H3,(H2,33,34,35,36). The number of nitrogens with one attached hydrogen (secondary N) is 2. The maximum Gasteiger partial charge on any atom is 0.180 e. The van der Waals surface area contributed by atoms with E-state index >= 15 is 0 Å². The van der Waals surface area contributed by atoms with Gasteiger partial charge in [0.2, 0.25) is 0 Å². The van der Waals surface area contributed by atoms with Crippen LogP contribution in [-0.2, 0) is 16.0 Å². The summed E-state index contributed by atoms with van der Waals surface area (Å²) in [6.07, 6.45) is 3.85. The molecular formula is C31H40ClN7O2S. The lowest BCUT2D eigenvalue weighted by atomic mass is 10.0. The van der Waals surface area contributed by atoms with Crippen LogP contribution in [0.3, 0.4) is 0 Å². The van der Waals surface area contributed by atoms with Gasteiger partial charge in [-0.15, -0.1) is 0 Å². The van der Waals surface area contributed by atoms with Gasteiger partial charge in [0.1, 0.15) is 11.3 Å². The van der Waals surface area contributed by atoms with E-state index in [4.69, 9.17) is 26.1 Å². The molecule has 0 amide bonds. The Bertz CT molecular complexity index is 1400. The molecule has 224 valence electrons. The second-order valence-electron chi connectivity index (χ2n) is 11.1. The number of ether oxygens (including phenoxy) is 2. The molecule has 3 aromatic heterocycles. The van der Waals surface area contributed by atoms with Gasteiger partial charge in [-0.2, -0.15) is 11.3 Å². The van der Waals surface area contributed by atoms with Crippen LogP contribution in [0.1, 0.15) is 18.4 Å². The molecule has 1 aromatic carbocycles. The molecule has 0 spiro atoms. The first-order chi connectivity index (χ1) is 20.7. The molecule has 5 heterocycles.